The summed E-state index contributed by atoms with van der Waals surface area (Å²) in [5.74, 6) is -1.61. The minimum absolute atomic E-state index is 0.128. The Morgan fingerprint density at radius 2 is 1.91 bits per heavy atom. The number of carbonyl (C=O) groups excluding carboxylic acids is 3. The van der Waals surface area contributed by atoms with Crippen LogP contribution in [0.5, 0.6) is 0 Å². The van der Waals surface area contributed by atoms with Crippen LogP contribution in [0.4, 0.5) is 0 Å². The molecule has 4 rings (SSSR count). The topological polar surface area (TPSA) is 77.4 Å². The van der Waals surface area contributed by atoms with Crippen molar-refractivity contribution in [2.45, 2.75) is 13.0 Å². The first-order valence-corrected chi connectivity index (χ1v) is 6.92. The molecule has 0 saturated carbocycles. The molecule has 0 radical (unpaired) electrons. The third-order valence-electron chi connectivity index (χ3n) is 4.20. The average Bonchev–Trinajstić information content (AvgIpc) is 3.02. The van der Waals surface area contributed by atoms with Crippen molar-refractivity contribution in [2.75, 3.05) is 7.11 Å². The van der Waals surface area contributed by atoms with Crippen LogP contribution in [0.25, 0.3) is 11.3 Å². The maximum atomic E-state index is 12.2. The fourth-order valence-corrected chi connectivity index (χ4v) is 3.30. The quantitative estimate of drug-likeness (QED) is 0.637. The Balaban J connectivity index is 2.11. The van der Waals surface area contributed by atoms with Gasteiger partial charge in [0.25, 0.3) is 11.8 Å². The lowest BCUT2D eigenvalue weighted by molar-refractivity contribution is 0.0583. The van der Waals surface area contributed by atoms with Crippen LogP contribution in [-0.4, -0.2) is 29.5 Å². The van der Waals surface area contributed by atoms with Gasteiger partial charge in [0.2, 0.25) is 0 Å². The van der Waals surface area contributed by atoms with Crippen LogP contribution in [0, 0.1) is 0 Å². The number of ether oxygens (including phenoxy) is 1. The Hall–Kier alpha value is -2.89. The van der Waals surface area contributed by atoms with Gasteiger partial charge >= 0.3 is 5.97 Å². The van der Waals surface area contributed by atoms with E-state index in [0.29, 0.717) is 12.2 Å². The van der Waals surface area contributed by atoms with Gasteiger partial charge in [-0.05, 0) is 12.0 Å². The van der Waals surface area contributed by atoms with Gasteiger partial charge < -0.3 is 9.30 Å². The van der Waals surface area contributed by atoms with Crippen molar-refractivity contribution in [3.05, 3.63) is 46.6 Å². The standard InChI is InChI=1S/C16H12N2O4/c1-22-16(21)13-11-10(14(19)17-15(11)20)12-9-5-3-2-4-8(9)6-7-18(12)13/h2-5H,6-7H2,1H3,(H,17,19,20). The highest BCUT2D eigenvalue weighted by molar-refractivity contribution is 6.27. The van der Waals surface area contributed by atoms with Gasteiger partial charge in [-0.3, -0.25) is 14.9 Å². The average molecular weight is 296 g/mol. The van der Waals surface area contributed by atoms with Gasteiger partial charge in [0, 0.05) is 12.1 Å². The van der Waals surface area contributed by atoms with E-state index in [9.17, 15) is 14.4 Å². The molecule has 1 aromatic carbocycles. The Morgan fingerprint density at radius 3 is 2.68 bits per heavy atom. The fourth-order valence-electron chi connectivity index (χ4n) is 3.30. The SMILES string of the molecule is COC(=O)c1c2c(c3n1CCc1ccccc1-3)C(=O)NC2=O. The van der Waals surface area contributed by atoms with Crippen molar-refractivity contribution in [1.82, 2.24) is 9.88 Å². The lowest BCUT2D eigenvalue weighted by Gasteiger charge is -2.21. The number of rotatable bonds is 1. The normalized spacial score (nSPS) is 15.0. The van der Waals surface area contributed by atoms with E-state index in [0.717, 1.165) is 17.5 Å². The number of methoxy groups -OCH3 is 1. The van der Waals surface area contributed by atoms with E-state index in [4.69, 9.17) is 4.74 Å². The number of esters is 1. The molecular formula is C16H12N2O4. The summed E-state index contributed by atoms with van der Waals surface area (Å²) in [7, 11) is 1.26. The van der Waals surface area contributed by atoms with Crippen molar-refractivity contribution in [1.29, 1.82) is 0 Å². The molecular weight excluding hydrogens is 284 g/mol. The van der Waals surface area contributed by atoms with Crippen LogP contribution in [0.3, 0.4) is 0 Å². The van der Waals surface area contributed by atoms with Gasteiger partial charge in [0.15, 0.2) is 0 Å². The van der Waals surface area contributed by atoms with E-state index in [2.05, 4.69) is 5.32 Å². The highest BCUT2D eigenvalue weighted by Crippen LogP contribution is 2.39. The number of benzene rings is 1. The number of amides is 2. The number of nitrogens with one attached hydrogen (secondary N) is 1. The van der Waals surface area contributed by atoms with Gasteiger partial charge in [-0.2, -0.15) is 0 Å². The number of fused-ring (bicyclic) bond motifs is 5. The molecule has 1 N–H and O–H groups in total. The number of aryl methyl sites for hydroxylation is 1. The number of hydrogen-bond acceptors (Lipinski definition) is 4. The van der Waals surface area contributed by atoms with Crippen LogP contribution in [0.2, 0.25) is 0 Å². The monoisotopic (exact) mass is 296 g/mol. The lowest BCUT2D eigenvalue weighted by Crippen LogP contribution is -2.26. The third-order valence-corrected chi connectivity index (χ3v) is 4.20. The zero-order valence-electron chi connectivity index (χ0n) is 11.8. The van der Waals surface area contributed by atoms with Crippen molar-refractivity contribution in [2.24, 2.45) is 0 Å². The first kappa shape index (κ1) is 12.8. The van der Waals surface area contributed by atoms with Crippen molar-refractivity contribution >= 4 is 17.8 Å². The molecule has 0 bridgehead atoms. The molecule has 0 spiro atoms. The molecule has 22 heavy (non-hydrogen) atoms. The highest BCUT2D eigenvalue weighted by Gasteiger charge is 2.41. The largest absolute Gasteiger partial charge is 0.464 e. The van der Waals surface area contributed by atoms with E-state index in [1.807, 2.05) is 24.3 Å². The molecule has 2 aliphatic rings. The summed E-state index contributed by atoms with van der Waals surface area (Å²) in [6.45, 7) is 0.532. The highest BCUT2D eigenvalue weighted by atomic mass is 16.5. The van der Waals surface area contributed by atoms with E-state index >= 15 is 0 Å². The van der Waals surface area contributed by atoms with Crippen LogP contribution >= 0.6 is 0 Å². The molecule has 110 valence electrons. The molecule has 0 aliphatic carbocycles. The molecule has 2 aromatic rings. The lowest BCUT2D eigenvalue weighted by atomic mass is 9.96. The Morgan fingerprint density at radius 1 is 1.18 bits per heavy atom. The van der Waals surface area contributed by atoms with Crippen molar-refractivity contribution < 1.29 is 19.1 Å². The van der Waals surface area contributed by atoms with Gasteiger partial charge in [-0.15, -0.1) is 0 Å². The zero-order chi connectivity index (χ0) is 15.4. The molecule has 0 atom stereocenters. The summed E-state index contributed by atoms with van der Waals surface area (Å²) in [6.07, 6.45) is 0.733. The molecule has 0 fully saturated rings. The Labute approximate surface area is 125 Å². The van der Waals surface area contributed by atoms with Crippen LogP contribution in [0.15, 0.2) is 24.3 Å². The predicted octanol–water partition coefficient (Wildman–Crippen LogP) is 1.38. The Kier molecular flexibility index (Phi) is 2.51. The summed E-state index contributed by atoms with van der Waals surface area (Å²) in [4.78, 5) is 36.4. The summed E-state index contributed by atoms with van der Waals surface area (Å²) < 4.78 is 6.54. The van der Waals surface area contributed by atoms with Crippen molar-refractivity contribution in [3.63, 3.8) is 0 Å². The van der Waals surface area contributed by atoms with Gasteiger partial charge in [-0.1, -0.05) is 24.3 Å². The van der Waals surface area contributed by atoms with Gasteiger partial charge in [0.1, 0.15) is 5.69 Å². The van der Waals surface area contributed by atoms with E-state index in [1.54, 1.807) is 4.57 Å². The molecule has 0 saturated heterocycles. The van der Waals surface area contributed by atoms with E-state index in [-0.39, 0.29) is 16.8 Å². The number of hydrogen-bond donors (Lipinski definition) is 1. The first-order chi connectivity index (χ1) is 10.6. The molecule has 6 heteroatoms. The smallest absolute Gasteiger partial charge is 0.355 e. The maximum Gasteiger partial charge on any atom is 0.355 e. The number of carbonyl (C=O) groups is 3. The molecule has 0 unspecified atom stereocenters. The second-order valence-corrected chi connectivity index (χ2v) is 5.28. The molecule has 6 nitrogen and oxygen atoms in total. The number of imide groups is 1. The van der Waals surface area contributed by atoms with Crippen molar-refractivity contribution in [3.8, 4) is 11.3 Å². The molecule has 2 aliphatic heterocycles. The van der Waals surface area contributed by atoms with Crippen LogP contribution < -0.4 is 5.32 Å². The minimum Gasteiger partial charge on any atom is -0.464 e. The fraction of sp³-hybridized carbons (Fsp3) is 0.188. The molecule has 2 amide bonds. The zero-order valence-corrected chi connectivity index (χ0v) is 11.8. The third kappa shape index (κ3) is 1.46. The van der Waals surface area contributed by atoms with Gasteiger partial charge in [-0.25, -0.2) is 4.79 Å². The summed E-state index contributed by atoms with van der Waals surface area (Å²) in [6, 6.07) is 7.70. The molecule has 1 aromatic heterocycles. The molecule has 3 heterocycles. The summed E-state index contributed by atoms with van der Waals surface area (Å²) in [5.41, 5.74) is 3.16. The van der Waals surface area contributed by atoms with E-state index < -0.39 is 17.8 Å². The van der Waals surface area contributed by atoms with Crippen LogP contribution in [-0.2, 0) is 17.7 Å². The Bertz CT molecular complexity index is 863. The first-order valence-electron chi connectivity index (χ1n) is 6.92. The van der Waals surface area contributed by atoms with Gasteiger partial charge in [0.05, 0.1) is 23.9 Å². The summed E-state index contributed by atoms with van der Waals surface area (Å²) >= 11 is 0. The number of nitrogens with zero attached hydrogens (tertiary/aromatic N) is 1. The van der Waals surface area contributed by atoms with E-state index in [1.165, 1.54) is 7.11 Å². The minimum atomic E-state index is -0.605. The maximum absolute atomic E-state index is 12.2. The summed E-state index contributed by atoms with van der Waals surface area (Å²) in [5, 5.41) is 2.26. The second-order valence-electron chi connectivity index (χ2n) is 5.28. The predicted molar refractivity (Wildman–Crippen MR) is 76.7 cm³/mol. The number of aromatic nitrogens is 1. The second kappa shape index (κ2) is 4.30. The van der Waals surface area contributed by atoms with Crippen LogP contribution in [0.1, 0.15) is 36.8 Å².